The van der Waals surface area contributed by atoms with Crippen LogP contribution >= 0.6 is 45.8 Å². The zero-order valence-electron chi connectivity index (χ0n) is 7.42. The van der Waals surface area contributed by atoms with Gasteiger partial charge in [0, 0.05) is 16.8 Å². The highest BCUT2D eigenvalue weighted by Gasteiger charge is 2.06. The molecule has 0 saturated carbocycles. The molecule has 0 bridgehead atoms. The number of hydrogen-bond donors (Lipinski definition) is 0. The molecule has 76 valence electrons. The first-order valence-electron chi connectivity index (χ1n) is 4.11. The summed E-state index contributed by atoms with van der Waals surface area (Å²) in [5.41, 5.74) is 0.791. The highest BCUT2D eigenvalue weighted by Crippen LogP contribution is 2.27. The summed E-state index contributed by atoms with van der Waals surface area (Å²) in [5.74, 6) is 0.614. The summed E-state index contributed by atoms with van der Waals surface area (Å²) >= 11 is 14.0. The molecule has 0 N–H and O–H groups in total. The fourth-order valence-corrected chi connectivity index (χ4v) is 2.02. The second-order valence-electron chi connectivity index (χ2n) is 2.83. The van der Waals surface area contributed by atoms with Crippen molar-refractivity contribution < 1.29 is 0 Å². The molecular formula is C10H5Cl2IN2. The van der Waals surface area contributed by atoms with E-state index in [1.165, 1.54) is 0 Å². The minimum Gasteiger partial charge on any atom is -0.236 e. The molecule has 0 saturated heterocycles. The Balaban J connectivity index is 2.54. The molecule has 15 heavy (non-hydrogen) atoms. The van der Waals surface area contributed by atoms with Crippen LogP contribution in [-0.4, -0.2) is 9.97 Å². The van der Waals surface area contributed by atoms with Crippen LogP contribution in [0.1, 0.15) is 0 Å². The van der Waals surface area contributed by atoms with Crippen LogP contribution in [0.25, 0.3) is 11.4 Å². The first-order chi connectivity index (χ1) is 7.16. The minimum atomic E-state index is 0.560. The SMILES string of the molecule is Clc1ccc(-c2nccc(I)n2)c(Cl)c1. The van der Waals surface area contributed by atoms with Crippen molar-refractivity contribution >= 4 is 45.8 Å². The Bertz CT molecular complexity index is 503. The molecule has 2 rings (SSSR count). The smallest absolute Gasteiger partial charge is 0.161 e. The molecule has 0 aliphatic heterocycles. The molecular weight excluding hydrogens is 346 g/mol. The van der Waals surface area contributed by atoms with Crippen molar-refractivity contribution in [1.82, 2.24) is 9.97 Å². The first kappa shape index (κ1) is 11.1. The highest BCUT2D eigenvalue weighted by atomic mass is 127. The summed E-state index contributed by atoms with van der Waals surface area (Å²) in [5, 5.41) is 1.17. The van der Waals surface area contributed by atoms with Crippen LogP contribution in [-0.2, 0) is 0 Å². The topological polar surface area (TPSA) is 25.8 Å². The van der Waals surface area contributed by atoms with Gasteiger partial charge in [0.2, 0.25) is 0 Å². The van der Waals surface area contributed by atoms with Gasteiger partial charge >= 0.3 is 0 Å². The highest BCUT2D eigenvalue weighted by molar-refractivity contribution is 14.1. The standard InChI is InChI=1S/C10H5Cl2IN2/c11-6-1-2-7(8(12)5-6)10-14-4-3-9(13)15-10/h1-5H. The van der Waals surface area contributed by atoms with Crippen LogP contribution in [0.3, 0.4) is 0 Å². The average molecular weight is 351 g/mol. The zero-order valence-corrected chi connectivity index (χ0v) is 11.1. The van der Waals surface area contributed by atoms with Gasteiger partial charge in [-0.15, -0.1) is 0 Å². The van der Waals surface area contributed by atoms with E-state index >= 15 is 0 Å². The Kier molecular flexibility index (Phi) is 3.43. The van der Waals surface area contributed by atoms with Gasteiger partial charge in [0.15, 0.2) is 5.82 Å². The van der Waals surface area contributed by atoms with E-state index in [2.05, 4.69) is 32.6 Å². The van der Waals surface area contributed by atoms with E-state index in [4.69, 9.17) is 23.2 Å². The molecule has 0 fully saturated rings. The Morgan fingerprint density at radius 3 is 2.60 bits per heavy atom. The summed E-state index contributed by atoms with van der Waals surface area (Å²) in [4.78, 5) is 8.44. The molecule has 2 aromatic rings. The van der Waals surface area contributed by atoms with E-state index < -0.39 is 0 Å². The van der Waals surface area contributed by atoms with Gasteiger partial charge in [0.25, 0.3) is 0 Å². The predicted molar refractivity (Wildman–Crippen MR) is 70.2 cm³/mol. The number of nitrogens with zero attached hydrogens (tertiary/aromatic N) is 2. The van der Waals surface area contributed by atoms with E-state index in [1.807, 2.05) is 12.1 Å². The molecule has 1 heterocycles. The summed E-state index contributed by atoms with van der Waals surface area (Å²) in [6, 6.07) is 7.09. The number of benzene rings is 1. The van der Waals surface area contributed by atoms with Crippen LogP contribution in [0.5, 0.6) is 0 Å². The number of halogens is 3. The molecule has 0 aliphatic carbocycles. The number of rotatable bonds is 1. The van der Waals surface area contributed by atoms with Gasteiger partial charge in [-0.25, -0.2) is 9.97 Å². The third kappa shape index (κ3) is 2.59. The summed E-state index contributed by atoms with van der Waals surface area (Å²) in [6.07, 6.45) is 1.70. The van der Waals surface area contributed by atoms with E-state index in [1.54, 1.807) is 18.3 Å². The average Bonchev–Trinajstić information content (AvgIpc) is 2.17. The number of hydrogen-bond acceptors (Lipinski definition) is 2. The molecule has 0 unspecified atom stereocenters. The normalized spacial score (nSPS) is 10.3. The first-order valence-corrected chi connectivity index (χ1v) is 5.94. The lowest BCUT2D eigenvalue weighted by Crippen LogP contribution is -1.90. The van der Waals surface area contributed by atoms with Crippen molar-refractivity contribution in [2.45, 2.75) is 0 Å². The van der Waals surface area contributed by atoms with Crippen LogP contribution in [0.15, 0.2) is 30.5 Å². The lowest BCUT2D eigenvalue weighted by molar-refractivity contribution is 1.15. The van der Waals surface area contributed by atoms with Gasteiger partial charge in [-0.3, -0.25) is 0 Å². The van der Waals surface area contributed by atoms with Crippen LogP contribution < -0.4 is 0 Å². The molecule has 0 aliphatic rings. The van der Waals surface area contributed by atoms with E-state index in [0.717, 1.165) is 9.26 Å². The van der Waals surface area contributed by atoms with Gasteiger partial charge in [-0.1, -0.05) is 23.2 Å². The lowest BCUT2D eigenvalue weighted by Gasteiger charge is -2.03. The molecule has 1 aromatic carbocycles. The van der Waals surface area contributed by atoms with Crippen molar-refractivity contribution in [2.24, 2.45) is 0 Å². The van der Waals surface area contributed by atoms with Crippen molar-refractivity contribution in [3.8, 4) is 11.4 Å². The van der Waals surface area contributed by atoms with Crippen LogP contribution in [0, 0.1) is 3.70 Å². The second kappa shape index (κ2) is 4.63. The van der Waals surface area contributed by atoms with E-state index in [0.29, 0.717) is 15.9 Å². The minimum absolute atomic E-state index is 0.560. The summed E-state index contributed by atoms with van der Waals surface area (Å²) in [6.45, 7) is 0. The van der Waals surface area contributed by atoms with Crippen LogP contribution in [0.4, 0.5) is 0 Å². The molecule has 0 atom stereocenters. The Morgan fingerprint density at radius 1 is 1.13 bits per heavy atom. The molecule has 0 spiro atoms. The Labute approximate surface area is 111 Å². The molecule has 5 heteroatoms. The van der Waals surface area contributed by atoms with Gasteiger partial charge < -0.3 is 0 Å². The Morgan fingerprint density at radius 2 is 1.93 bits per heavy atom. The summed E-state index contributed by atoms with van der Waals surface area (Å²) < 4.78 is 0.878. The third-order valence-corrected chi connectivity index (χ3v) is 2.94. The van der Waals surface area contributed by atoms with Crippen molar-refractivity contribution in [3.63, 3.8) is 0 Å². The van der Waals surface area contributed by atoms with Gasteiger partial charge in [0.1, 0.15) is 3.70 Å². The van der Waals surface area contributed by atoms with Crippen molar-refractivity contribution in [1.29, 1.82) is 0 Å². The van der Waals surface area contributed by atoms with Crippen LogP contribution in [0.2, 0.25) is 10.0 Å². The van der Waals surface area contributed by atoms with Gasteiger partial charge in [-0.2, -0.15) is 0 Å². The maximum absolute atomic E-state index is 6.05. The third-order valence-electron chi connectivity index (χ3n) is 1.79. The zero-order chi connectivity index (χ0) is 10.8. The fourth-order valence-electron chi connectivity index (χ4n) is 1.14. The lowest BCUT2D eigenvalue weighted by atomic mass is 10.2. The second-order valence-corrected chi connectivity index (χ2v) is 4.78. The van der Waals surface area contributed by atoms with Gasteiger partial charge in [-0.05, 0) is 46.9 Å². The van der Waals surface area contributed by atoms with E-state index in [9.17, 15) is 0 Å². The molecule has 0 radical (unpaired) electrons. The quantitative estimate of drug-likeness (QED) is 0.572. The van der Waals surface area contributed by atoms with Crippen molar-refractivity contribution in [3.05, 3.63) is 44.2 Å². The monoisotopic (exact) mass is 350 g/mol. The molecule has 1 aromatic heterocycles. The summed E-state index contributed by atoms with van der Waals surface area (Å²) in [7, 11) is 0. The Hall–Kier alpha value is -0.390. The predicted octanol–water partition coefficient (Wildman–Crippen LogP) is 4.06. The molecule has 2 nitrogen and oxygen atoms in total. The maximum atomic E-state index is 6.05. The molecule has 0 amide bonds. The largest absolute Gasteiger partial charge is 0.236 e. The maximum Gasteiger partial charge on any atom is 0.161 e. The van der Waals surface area contributed by atoms with Gasteiger partial charge in [0.05, 0.1) is 5.02 Å². The number of aromatic nitrogens is 2. The van der Waals surface area contributed by atoms with E-state index in [-0.39, 0.29) is 0 Å². The fraction of sp³-hybridized carbons (Fsp3) is 0. The van der Waals surface area contributed by atoms with Crippen molar-refractivity contribution in [2.75, 3.05) is 0 Å².